The van der Waals surface area contributed by atoms with E-state index in [-0.39, 0.29) is 38.7 Å². The zero-order chi connectivity index (χ0) is 25.8. The van der Waals surface area contributed by atoms with Crippen LogP contribution < -0.4 is 10.6 Å². The van der Waals surface area contributed by atoms with Crippen molar-refractivity contribution in [2.45, 2.75) is 0 Å². The number of benzene rings is 5. The van der Waals surface area contributed by atoms with E-state index >= 15 is 0 Å². The van der Waals surface area contributed by atoms with E-state index in [1.54, 1.807) is 6.07 Å². The van der Waals surface area contributed by atoms with Crippen molar-refractivity contribution in [2.75, 3.05) is 0 Å². The normalized spacial score (nSPS) is 9.82. The molecule has 0 aliphatic rings. The maximum atomic E-state index is 10.4. The van der Waals surface area contributed by atoms with Gasteiger partial charge in [0.25, 0.3) is 0 Å². The zero-order valence-electron chi connectivity index (χ0n) is 20.1. The molecule has 5 aromatic carbocycles. The van der Waals surface area contributed by atoms with E-state index in [4.69, 9.17) is 10.4 Å². The molecule has 0 spiro atoms. The van der Waals surface area contributed by atoms with E-state index in [2.05, 4.69) is 97.3 Å². The third-order valence-electron chi connectivity index (χ3n) is 5.65. The number of carboxylic acid groups (broad SMARTS) is 1. The first-order valence-electron chi connectivity index (χ1n) is 10.7. The Labute approximate surface area is 238 Å². The zero-order valence-corrected chi connectivity index (χ0v) is 24.8. The van der Waals surface area contributed by atoms with Crippen molar-refractivity contribution in [2.24, 2.45) is 0 Å². The van der Waals surface area contributed by atoms with Crippen molar-refractivity contribution < 1.29 is 34.9 Å². The van der Waals surface area contributed by atoms with E-state index < -0.39 is 16.6 Å². The maximum absolute atomic E-state index is 10.4. The summed E-state index contributed by atoms with van der Waals surface area (Å²) in [6.07, 6.45) is 0. The van der Waals surface area contributed by atoms with Crippen LogP contribution in [0, 0.1) is 34.9 Å². The number of hydrogen-bond donors (Lipinski definition) is 1. The SMILES string of the molecule is N#Cc1c[c-]c(C(=O)O)cc1[N+](=O)[O-].Pc1ccc2ccccc2c1-c1c(P)ccc2ccccc12.[CH3-].[Ir]. The predicted octanol–water partition coefficient (Wildman–Crippen LogP) is 6.07. The maximum Gasteiger partial charge on any atom is 0.247 e. The summed E-state index contributed by atoms with van der Waals surface area (Å²) >= 11 is 0. The number of aromatic carboxylic acids is 1. The van der Waals surface area contributed by atoms with Gasteiger partial charge >= 0.3 is 0 Å². The molecule has 0 amide bonds. The summed E-state index contributed by atoms with van der Waals surface area (Å²) in [4.78, 5) is 20.0. The number of nitro benzene ring substituents is 1. The van der Waals surface area contributed by atoms with Crippen molar-refractivity contribution in [3.05, 3.63) is 120 Å². The van der Waals surface area contributed by atoms with Crippen molar-refractivity contribution in [1.29, 1.82) is 5.26 Å². The largest absolute Gasteiger partial charge is 0.521 e. The van der Waals surface area contributed by atoms with Crippen molar-refractivity contribution in [1.82, 2.24) is 0 Å². The van der Waals surface area contributed by atoms with Crippen molar-refractivity contribution in [3.8, 4) is 17.2 Å². The van der Waals surface area contributed by atoms with Gasteiger partial charge in [-0.3, -0.25) is 10.1 Å². The van der Waals surface area contributed by atoms with Crippen LogP contribution in [0.3, 0.4) is 0 Å². The molecule has 1 radical (unpaired) electrons. The van der Waals surface area contributed by atoms with E-state index in [1.807, 2.05) is 0 Å². The standard InChI is InChI=1S/C20H16P2.C8H3N2O4.CH3.Ir/c21-17-11-9-13-5-1-3-7-15(13)19(17)20-16-8-4-2-6-14(16)10-12-18(20)22;9-4-6-2-1-5(8(11)12)3-7(6)10(13)14;;/h1-12H,21-22H2;2-3H,(H,11,12);1H3;/q;2*-1;. The molecule has 2 unspecified atom stereocenters. The first-order valence-corrected chi connectivity index (χ1v) is 11.9. The van der Waals surface area contributed by atoms with Gasteiger partial charge in [-0.1, -0.05) is 84.4 Å². The van der Waals surface area contributed by atoms with Crippen LogP contribution in [0.25, 0.3) is 32.7 Å². The first-order chi connectivity index (χ1) is 17.3. The molecule has 193 valence electrons. The van der Waals surface area contributed by atoms with E-state index in [1.165, 1.54) is 43.3 Å². The Morgan fingerprint density at radius 1 is 0.895 bits per heavy atom. The first kappa shape index (κ1) is 30.7. The molecule has 0 fully saturated rings. The Morgan fingerprint density at radius 2 is 1.37 bits per heavy atom. The minimum atomic E-state index is -1.32. The van der Waals surface area contributed by atoms with Crippen molar-refractivity contribution >= 4 is 62.3 Å². The summed E-state index contributed by atoms with van der Waals surface area (Å²) in [6, 6.07) is 31.6. The molecular weight excluding hydrogens is 694 g/mol. The van der Waals surface area contributed by atoms with Crippen LogP contribution in [-0.4, -0.2) is 16.0 Å². The second-order valence-electron chi connectivity index (χ2n) is 7.82. The summed E-state index contributed by atoms with van der Waals surface area (Å²) in [5, 5.41) is 35.0. The molecule has 0 aliphatic heterocycles. The number of nitro groups is 1. The molecule has 0 saturated carbocycles. The average Bonchev–Trinajstić information content (AvgIpc) is 2.89. The predicted molar refractivity (Wildman–Crippen MR) is 156 cm³/mol. The molecular formula is C29H22IrN2O4P2-2. The number of carbonyl (C=O) groups is 1. The van der Waals surface area contributed by atoms with Gasteiger partial charge in [0.15, 0.2) is 0 Å². The Bertz CT molecular complexity index is 1620. The van der Waals surface area contributed by atoms with Gasteiger partial charge < -0.3 is 17.3 Å². The molecule has 9 heteroatoms. The quantitative estimate of drug-likeness (QED) is 0.106. The third-order valence-corrected chi connectivity index (χ3v) is 6.61. The molecule has 0 heterocycles. The van der Waals surface area contributed by atoms with Crippen LogP contribution in [0.5, 0.6) is 0 Å². The molecule has 5 aromatic rings. The van der Waals surface area contributed by atoms with E-state index in [0.29, 0.717) is 0 Å². The Hall–Kier alpha value is -3.51. The van der Waals surface area contributed by atoms with Gasteiger partial charge in [-0.15, -0.1) is 30.6 Å². The molecule has 2 atom stereocenters. The molecule has 6 nitrogen and oxygen atoms in total. The molecule has 5 rings (SSSR count). The third kappa shape index (κ3) is 6.30. The Morgan fingerprint density at radius 3 is 1.79 bits per heavy atom. The van der Waals surface area contributed by atoms with Crippen LogP contribution in [0.1, 0.15) is 15.9 Å². The second kappa shape index (κ2) is 13.3. The van der Waals surface area contributed by atoms with Crippen LogP contribution >= 0.6 is 18.5 Å². The summed E-state index contributed by atoms with van der Waals surface area (Å²) in [5.74, 6) is -1.32. The minimum absolute atomic E-state index is 0. The number of carboxylic acids is 1. The molecule has 0 aliphatic carbocycles. The van der Waals surface area contributed by atoms with Crippen LogP contribution in [-0.2, 0) is 20.1 Å². The van der Waals surface area contributed by atoms with E-state index in [0.717, 1.165) is 12.1 Å². The van der Waals surface area contributed by atoms with Gasteiger partial charge in [-0.2, -0.15) is 0 Å². The van der Waals surface area contributed by atoms with Gasteiger partial charge in [-0.25, -0.2) is 5.26 Å². The molecule has 0 bridgehead atoms. The smallest absolute Gasteiger partial charge is 0.247 e. The van der Waals surface area contributed by atoms with Gasteiger partial charge in [-0.05, 0) is 43.3 Å². The van der Waals surface area contributed by atoms with Gasteiger partial charge in [0, 0.05) is 30.6 Å². The van der Waals surface area contributed by atoms with Gasteiger partial charge in [0.05, 0.1) is 6.07 Å². The number of fused-ring (bicyclic) bond motifs is 2. The summed E-state index contributed by atoms with van der Waals surface area (Å²) < 4.78 is 0. The minimum Gasteiger partial charge on any atom is -0.521 e. The van der Waals surface area contributed by atoms with Gasteiger partial charge in [0.2, 0.25) is 11.7 Å². The van der Waals surface area contributed by atoms with Crippen LogP contribution in [0.2, 0.25) is 0 Å². The topological polar surface area (TPSA) is 104 Å². The Kier molecular flexibility index (Phi) is 10.8. The number of hydrogen-bond acceptors (Lipinski definition) is 4. The summed E-state index contributed by atoms with van der Waals surface area (Å²) in [6.45, 7) is 0. The number of rotatable bonds is 3. The van der Waals surface area contributed by atoms with E-state index in [9.17, 15) is 14.9 Å². The molecule has 0 aromatic heterocycles. The molecule has 1 N–H and O–H groups in total. The fourth-order valence-corrected chi connectivity index (χ4v) is 4.77. The monoisotopic (exact) mass is 717 g/mol. The average molecular weight is 717 g/mol. The fourth-order valence-electron chi connectivity index (χ4n) is 3.98. The number of nitrogens with zero attached hydrogens (tertiary/aromatic N) is 2. The van der Waals surface area contributed by atoms with Crippen LogP contribution in [0.15, 0.2) is 84.9 Å². The summed E-state index contributed by atoms with van der Waals surface area (Å²) in [5.41, 5.74) is 1.55. The Balaban J connectivity index is 0.000000279. The van der Waals surface area contributed by atoms with Gasteiger partial charge in [0.1, 0.15) is 0 Å². The van der Waals surface area contributed by atoms with Crippen LogP contribution in [0.4, 0.5) is 5.69 Å². The number of nitriles is 1. The van der Waals surface area contributed by atoms with Crippen molar-refractivity contribution in [3.63, 3.8) is 0 Å². The summed E-state index contributed by atoms with van der Waals surface area (Å²) in [7, 11) is 5.79. The molecule has 0 saturated heterocycles. The second-order valence-corrected chi connectivity index (χ2v) is 9.07. The fraction of sp³-hybridized carbons (Fsp3) is 0. The molecule has 38 heavy (non-hydrogen) atoms.